The first-order chi connectivity index (χ1) is 15.6. The monoisotopic (exact) mass is 449 g/mol. The summed E-state index contributed by atoms with van der Waals surface area (Å²) < 4.78 is 10.9. The molecule has 1 N–H and O–H groups in total. The van der Waals surface area contributed by atoms with Gasteiger partial charge in [0.1, 0.15) is 6.61 Å². The summed E-state index contributed by atoms with van der Waals surface area (Å²) in [6.45, 7) is 4.46. The standard InChI is InChI=1S/C26H27NO4S/c1-3-4-14-30-25(28)22-17(2)27-20-15-31-26(29)24(20)23(22)19-12-8-9-13-21(19)32-16-18-10-6-5-7-11-18/h5-13,23,27H,3-4,14-16H2,1-2H3. The molecule has 0 radical (unpaired) electrons. The molecule has 0 saturated heterocycles. The zero-order chi connectivity index (χ0) is 22.5. The number of esters is 2. The number of allylic oxidation sites excluding steroid dienone is 1. The fraction of sp³-hybridized carbons (Fsp3) is 0.308. The fourth-order valence-corrected chi connectivity index (χ4v) is 5.06. The molecular weight excluding hydrogens is 422 g/mol. The molecular formula is C26H27NO4S. The summed E-state index contributed by atoms with van der Waals surface area (Å²) in [5.41, 5.74) is 4.55. The molecule has 0 saturated carbocycles. The zero-order valence-electron chi connectivity index (χ0n) is 18.4. The normalized spacial score (nSPS) is 17.7. The Kier molecular flexibility index (Phi) is 7.00. The van der Waals surface area contributed by atoms with E-state index in [0.29, 0.717) is 23.5 Å². The topological polar surface area (TPSA) is 64.6 Å². The van der Waals surface area contributed by atoms with Crippen molar-refractivity contribution in [1.29, 1.82) is 0 Å². The number of unbranched alkanes of at least 4 members (excludes halogenated alkanes) is 1. The molecule has 0 bridgehead atoms. The highest BCUT2D eigenvalue weighted by atomic mass is 32.2. The number of carbonyl (C=O) groups excluding carboxylic acids is 2. The zero-order valence-corrected chi connectivity index (χ0v) is 19.2. The van der Waals surface area contributed by atoms with Gasteiger partial charge in [0.05, 0.1) is 29.4 Å². The smallest absolute Gasteiger partial charge is 0.337 e. The van der Waals surface area contributed by atoms with Crippen LogP contribution in [0.4, 0.5) is 0 Å². The lowest BCUT2D eigenvalue weighted by atomic mass is 9.81. The van der Waals surface area contributed by atoms with Gasteiger partial charge < -0.3 is 14.8 Å². The third kappa shape index (κ3) is 4.60. The minimum Gasteiger partial charge on any atom is -0.462 e. The molecule has 2 aliphatic rings. The minimum atomic E-state index is -0.519. The van der Waals surface area contributed by atoms with E-state index in [-0.39, 0.29) is 18.5 Å². The van der Waals surface area contributed by atoms with Crippen molar-refractivity contribution in [2.45, 2.75) is 43.3 Å². The number of benzene rings is 2. The molecule has 166 valence electrons. The number of nitrogens with one attached hydrogen (secondary N) is 1. The molecule has 0 spiro atoms. The summed E-state index contributed by atoms with van der Waals surface area (Å²) in [5.74, 6) is -0.498. The van der Waals surface area contributed by atoms with Crippen LogP contribution in [0.1, 0.15) is 43.7 Å². The van der Waals surface area contributed by atoms with Gasteiger partial charge in [0.15, 0.2) is 0 Å². The summed E-state index contributed by atoms with van der Waals surface area (Å²) in [6.07, 6.45) is 1.74. The first kappa shape index (κ1) is 22.2. The van der Waals surface area contributed by atoms with Crippen molar-refractivity contribution in [3.8, 4) is 0 Å². The quantitative estimate of drug-likeness (QED) is 0.344. The maximum atomic E-state index is 13.2. The van der Waals surface area contributed by atoms with Crippen molar-refractivity contribution >= 4 is 23.7 Å². The first-order valence-corrected chi connectivity index (χ1v) is 11.9. The van der Waals surface area contributed by atoms with E-state index in [0.717, 1.165) is 34.8 Å². The van der Waals surface area contributed by atoms with E-state index in [9.17, 15) is 9.59 Å². The minimum absolute atomic E-state index is 0.194. The molecule has 1 unspecified atom stereocenters. The highest BCUT2D eigenvalue weighted by Gasteiger charge is 2.42. The lowest BCUT2D eigenvalue weighted by molar-refractivity contribution is -0.139. The maximum absolute atomic E-state index is 13.2. The van der Waals surface area contributed by atoms with Gasteiger partial charge in [0.25, 0.3) is 0 Å². The van der Waals surface area contributed by atoms with Crippen molar-refractivity contribution in [2.24, 2.45) is 0 Å². The van der Waals surface area contributed by atoms with Gasteiger partial charge in [-0.05, 0) is 30.5 Å². The lowest BCUT2D eigenvalue weighted by Crippen LogP contribution is -2.30. The summed E-state index contributed by atoms with van der Waals surface area (Å²) in [6, 6.07) is 18.2. The first-order valence-electron chi connectivity index (χ1n) is 10.9. The molecule has 4 rings (SSSR count). The Balaban J connectivity index is 1.71. The van der Waals surface area contributed by atoms with Crippen molar-refractivity contribution < 1.29 is 19.1 Å². The molecule has 32 heavy (non-hydrogen) atoms. The van der Waals surface area contributed by atoms with Gasteiger partial charge in [0, 0.05) is 16.3 Å². The SMILES string of the molecule is CCCCOC(=O)C1=C(C)NC2=C(C(=O)OC2)C1c1ccccc1SCc1ccccc1. The number of rotatable bonds is 8. The number of thioether (sulfide) groups is 1. The average Bonchev–Trinajstić information content (AvgIpc) is 3.17. The van der Waals surface area contributed by atoms with Crippen LogP contribution in [0.25, 0.3) is 0 Å². The third-order valence-electron chi connectivity index (χ3n) is 5.63. The third-order valence-corrected chi connectivity index (χ3v) is 6.79. The summed E-state index contributed by atoms with van der Waals surface area (Å²) in [7, 11) is 0. The van der Waals surface area contributed by atoms with Crippen LogP contribution < -0.4 is 5.32 Å². The maximum Gasteiger partial charge on any atom is 0.337 e. The summed E-state index contributed by atoms with van der Waals surface area (Å²) >= 11 is 1.70. The number of cyclic esters (lactones) is 1. The van der Waals surface area contributed by atoms with Gasteiger partial charge in [-0.15, -0.1) is 11.8 Å². The van der Waals surface area contributed by atoms with Crippen LogP contribution in [0.5, 0.6) is 0 Å². The van der Waals surface area contributed by atoms with Crippen molar-refractivity contribution in [3.05, 3.63) is 88.3 Å². The lowest BCUT2D eigenvalue weighted by Gasteiger charge is -2.29. The van der Waals surface area contributed by atoms with Gasteiger partial charge >= 0.3 is 11.9 Å². The largest absolute Gasteiger partial charge is 0.462 e. The highest BCUT2D eigenvalue weighted by Crippen LogP contribution is 2.44. The number of carbonyl (C=O) groups is 2. The van der Waals surface area contributed by atoms with Gasteiger partial charge in [-0.25, -0.2) is 9.59 Å². The Bertz CT molecular complexity index is 1070. The summed E-state index contributed by atoms with van der Waals surface area (Å²) in [5, 5.41) is 3.21. The van der Waals surface area contributed by atoms with Crippen LogP contribution in [-0.2, 0) is 24.8 Å². The van der Waals surface area contributed by atoms with E-state index < -0.39 is 5.92 Å². The van der Waals surface area contributed by atoms with E-state index >= 15 is 0 Å². The second-order valence-corrected chi connectivity index (χ2v) is 8.88. The number of dihydropyridines is 1. The molecule has 6 heteroatoms. The van der Waals surface area contributed by atoms with Gasteiger partial charge in [0.2, 0.25) is 0 Å². The molecule has 2 aliphatic heterocycles. The van der Waals surface area contributed by atoms with Crippen LogP contribution >= 0.6 is 11.8 Å². The molecule has 2 heterocycles. The second-order valence-electron chi connectivity index (χ2n) is 7.87. The number of hydrogen-bond donors (Lipinski definition) is 1. The molecule has 0 aliphatic carbocycles. The Morgan fingerprint density at radius 1 is 1.16 bits per heavy atom. The van der Waals surface area contributed by atoms with Crippen LogP contribution in [-0.4, -0.2) is 25.2 Å². The van der Waals surface area contributed by atoms with Crippen LogP contribution in [0.3, 0.4) is 0 Å². The second kappa shape index (κ2) is 10.1. The fourth-order valence-electron chi connectivity index (χ4n) is 4.02. The molecule has 0 amide bonds. The van der Waals surface area contributed by atoms with Crippen molar-refractivity contribution in [2.75, 3.05) is 13.2 Å². The highest BCUT2D eigenvalue weighted by molar-refractivity contribution is 7.98. The van der Waals surface area contributed by atoms with Crippen LogP contribution in [0.2, 0.25) is 0 Å². The molecule has 0 fully saturated rings. The number of hydrogen-bond acceptors (Lipinski definition) is 6. The molecule has 0 aromatic heterocycles. The van der Waals surface area contributed by atoms with Gasteiger partial charge in [-0.3, -0.25) is 0 Å². The van der Waals surface area contributed by atoms with Crippen LogP contribution in [0.15, 0.2) is 82.0 Å². The Morgan fingerprint density at radius 3 is 2.69 bits per heavy atom. The van der Waals surface area contributed by atoms with Crippen molar-refractivity contribution in [1.82, 2.24) is 5.32 Å². The van der Waals surface area contributed by atoms with Gasteiger partial charge in [-0.1, -0.05) is 61.9 Å². The van der Waals surface area contributed by atoms with E-state index in [1.54, 1.807) is 11.8 Å². The predicted molar refractivity (Wildman–Crippen MR) is 125 cm³/mol. The molecule has 2 aromatic carbocycles. The van der Waals surface area contributed by atoms with E-state index in [2.05, 4.69) is 24.4 Å². The molecule has 5 nitrogen and oxygen atoms in total. The molecule has 1 atom stereocenters. The van der Waals surface area contributed by atoms with Crippen molar-refractivity contribution in [3.63, 3.8) is 0 Å². The van der Waals surface area contributed by atoms with Gasteiger partial charge in [-0.2, -0.15) is 0 Å². The average molecular weight is 450 g/mol. The van der Waals surface area contributed by atoms with E-state index in [1.165, 1.54) is 5.56 Å². The van der Waals surface area contributed by atoms with Crippen LogP contribution in [0, 0.1) is 0 Å². The van der Waals surface area contributed by atoms with E-state index in [4.69, 9.17) is 9.47 Å². The Morgan fingerprint density at radius 2 is 1.91 bits per heavy atom. The predicted octanol–water partition coefficient (Wildman–Crippen LogP) is 5.09. The Labute approximate surface area is 192 Å². The van der Waals surface area contributed by atoms with E-state index in [1.807, 2.05) is 49.4 Å². The summed E-state index contributed by atoms with van der Waals surface area (Å²) in [4.78, 5) is 26.9. The Hall–Kier alpha value is -2.99. The number of ether oxygens (including phenoxy) is 2. The molecule has 2 aromatic rings.